The van der Waals surface area contributed by atoms with E-state index < -0.39 is 10.0 Å². The van der Waals surface area contributed by atoms with Crippen LogP contribution in [0.5, 0.6) is 0 Å². The van der Waals surface area contributed by atoms with Crippen LogP contribution in [0.15, 0.2) is 59.6 Å². The van der Waals surface area contributed by atoms with Gasteiger partial charge in [-0.3, -0.25) is 9.40 Å². The Labute approximate surface area is 154 Å². The third-order valence-electron chi connectivity index (χ3n) is 4.19. The van der Waals surface area contributed by atoms with Crippen LogP contribution in [0.2, 0.25) is 0 Å². The average molecular weight is 369 g/mol. The van der Waals surface area contributed by atoms with Gasteiger partial charge in [0.1, 0.15) is 10.6 Å². The molecule has 26 heavy (non-hydrogen) atoms. The van der Waals surface area contributed by atoms with E-state index in [1.165, 1.54) is 0 Å². The average Bonchev–Trinajstić information content (AvgIpc) is 3.05. The molecule has 0 aliphatic carbocycles. The van der Waals surface area contributed by atoms with Gasteiger partial charge < -0.3 is 0 Å². The van der Waals surface area contributed by atoms with E-state index in [0.717, 1.165) is 16.7 Å². The second-order valence-corrected chi connectivity index (χ2v) is 8.36. The van der Waals surface area contributed by atoms with Gasteiger partial charge in [-0.1, -0.05) is 48.0 Å². The normalized spacial score (nSPS) is 11.7. The second kappa shape index (κ2) is 6.96. The molecule has 6 heteroatoms. The van der Waals surface area contributed by atoms with Gasteiger partial charge in [0.25, 0.3) is 10.0 Å². The Morgan fingerprint density at radius 3 is 2.35 bits per heavy atom. The van der Waals surface area contributed by atoms with Gasteiger partial charge in [0.05, 0.1) is 5.69 Å². The summed E-state index contributed by atoms with van der Waals surface area (Å²) in [5.41, 5.74) is 3.77. The topological polar surface area (TPSA) is 64.0 Å². The molecule has 0 fully saturated rings. The second-order valence-electron chi connectivity index (χ2n) is 6.71. The van der Waals surface area contributed by atoms with Crippen LogP contribution < -0.4 is 4.72 Å². The highest BCUT2D eigenvalue weighted by molar-refractivity contribution is 7.92. The predicted molar refractivity (Wildman–Crippen MR) is 105 cm³/mol. The lowest BCUT2D eigenvalue weighted by Crippen LogP contribution is -2.14. The molecule has 2 aromatic carbocycles. The van der Waals surface area contributed by atoms with E-state index >= 15 is 0 Å². The first-order chi connectivity index (χ1) is 12.3. The SMILES string of the molecule is Cc1ccc(NS(=O)(=O)c2cn(C(C)C)nc2-c2ccccc2)c(C)c1. The van der Waals surface area contributed by atoms with Gasteiger partial charge in [-0.05, 0) is 39.3 Å². The monoisotopic (exact) mass is 369 g/mol. The van der Waals surface area contributed by atoms with Crippen LogP contribution in [0.25, 0.3) is 11.3 Å². The zero-order valence-electron chi connectivity index (χ0n) is 15.4. The number of rotatable bonds is 5. The van der Waals surface area contributed by atoms with Crippen molar-refractivity contribution in [3.8, 4) is 11.3 Å². The number of nitrogens with one attached hydrogen (secondary N) is 1. The van der Waals surface area contributed by atoms with Crippen LogP contribution in [0, 0.1) is 13.8 Å². The first kappa shape index (κ1) is 18.2. The molecule has 0 spiro atoms. The molecule has 1 N–H and O–H groups in total. The highest BCUT2D eigenvalue weighted by Crippen LogP contribution is 2.29. The Balaban J connectivity index is 2.09. The number of hydrogen-bond acceptors (Lipinski definition) is 3. The summed E-state index contributed by atoms with van der Waals surface area (Å²) in [5, 5.41) is 4.52. The van der Waals surface area contributed by atoms with Crippen molar-refractivity contribution in [2.24, 2.45) is 0 Å². The largest absolute Gasteiger partial charge is 0.279 e. The molecular weight excluding hydrogens is 346 g/mol. The molecule has 1 heterocycles. The fourth-order valence-electron chi connectivity index (χ4n) is 2.76. The Hall–Kier alpha value is -2.60. The first-order valence-corrected chi connectivity index (χ1v) is 10.0. The van der Waals surface area contributed by atoms with Crippen LogP contribution in [0.3, 0.4) is 0 Å². The lowest BCUT2D eigenvalue weighted by Gasteiger charge is -2.11. The molecule has 0 amide bonds. The van der Waals surface area contributed by atoms with Crippen molar-refractivity contribution < 1.29 is 8.42 Å². The minimum atomic E-state index is -3.77. The molecule has 136 valence electrons. The summed E-state index contributed by atoms with van der Waals surface area (Å²) >= 11 is 0. The summed E-state index contributed by atoms with van der Waals surface area (Å²) in [7, 11) is -3.77. The summed E-state index contributed by atoms with van der Waals surface area (Å²) in [6.07, 6.45) is 1.60. The highest BCUT2D eigenvalue weighted by atomic mass is 32.2. The first-order valence-electron chi connectivity index (χ1n) is 8.52. The lowest BCUT2D eigenvalue weighted by molar-refractivity contribution is 0.532. The van der Waals surface area contributed by atoms with Gasteiger partial charge in [0, 0.05) is 17.8 Å². The van der Waals surface area contributed by atoms with Crippen molar-refractivity contribution in [2.75, 3.05) is 4.72 Å². The van der Waals surface area contributed by atoms with E-state index in [2.05, 4.69) is 9.82 Å². The van der Waals surface area contributed by atoms with E-state index in [9.17, 15) is 8.42 Å². The number of nitrogens with zero attached hydrogens (tertiary/aromatic N) is 2. The Morgan fingerprint density at radius 2 is 1.73 bits per heavy atom. The minimum Gasteiger partial charge on any atom is -0.279 e. The summed E-state index contributed by atoms with van der Waals surface area (Å²) in [5.74, 6) is 0. The van der Waals surface area contributed by atoms with Crippen molar-refractivity contribution >= 4 is 15.7 Å². The van der Waals surface area contributed by atoms with Crippen LogP contribution in [-0.2, 0) is 10.0 Å². The molecule has 3 aromatic rings. The maximum absolute atomic E-state index is 13.1. The number of aromatic nitrogens is 2. The minimum absolute atomic E-state index is 0.0579. The fourth-order valence-corrected chi connectivity index (χ4v) is 4.05. The molecule has 0 bridgehead atoms. The van der Waals surface area contributed by atoms with E-state index in [1.54, 1.807) is 16.9 Å². The van der Waals surface area contributed by atoms with Crippen LogP contribution in [0.1, 0.15) is 31.0 Å². The van der Waals surface area contributed by atoms with E-state index in [-0.39, 0.29) is 10.9 Å². The van der Waals surface area contributed by atoms with Crippen molar-refractivity contribution in [3.05, 3.63) is 65.9 Å². The number of sulfonamides is 1. The van der Waals surface area contributed by atoms with Crippen molar-refractivity contribution in [3.63, 3.8) is 0 Å². The fraction of sp³-hybridized carbons (Fsp3) is 0.250. The van der Waals surface area contributed by atoms with Crippen molar-refractivity contribution in [2.45, 2.75) is 38.6 Å². The van der Waals surface area contributed by atoms with E-state index in [4.69, 9.17) is 0 Å². The molecule has 0 aliphatic heterocycles. The third-order valence-corrected chi connectivity index (χ3v) is 5.56. The molecule has 5 nitrogen and oxygen atoms in total. The Morgan fingerprint density at radius 1 is 1.04 bits per heavy atom. The Bertz CT molecular complexity index is 1020. The van der Waals surface area contributed by atoms with Gasteiger partial charge in [-0.15, -0.1) is 0 Å². The van der Waals surface area contributed by atoms with Crippen LogP contribution in [-0.4, -0.2) is 18.2 Å². The molecule has 3 rings (SSSR count). The van der Waals surface area contributed by atoms with Gasteiger partial charge in [-0.2, -0.15) is 5.10 Å². The predicted octanol–water partition coefficient (Wildman–Crippen LogP) is 4.55. The molecule has 0 unspecified atom stereocenters. The quantitative estimate of drug-likeness (QED) is 0.718. The maximum Gasteiger partial charge on any atom is 0.265 e. The van der Waals surface area contributed by atoms with Gasteiger partial charge >= 0.3 is 0 Å². The molecule has 0 saturated heterocycles. The zero-order valence-corrected chi connectivity index (χ0v) is 16.2. The van der Waals surface area contributed by atoms with E-state index in [0.29, 0.717) is 11.4 Å². The zero-order chi connectivity index (χ0) is 18.9. The van der Waals surface area contributed by atoms with Crippen LogP contribution >= 0.6 is 0 Å². The molecule has 0 radical (unpaired) electrons. The molecular formula is C20H23N3O2S. The molecule has 0 atom stereocenters. The summed E-state index contributed by atoms with van der Waals surface area (Å²) < 4.78 is 30.6. The number of benzene rings is 2. The standard InChI is InChI=1S/C20H23N3O2S/c1-14(2)23-13-19(20(21-23)17-8-6-5-7-9-17)26(24,25)22-18-11-10-15(3)12-16(18)4/h5-14,22H,1-4H3. The maximum atomic E-state index is 13.1. The smallest absolute Gasteiger partial charge is 0.265 e. The molecule has 1 aromatic heterocycles. The van der Waals surface area contributed by atoms with Gasteiger partial charge in [0.2, 0.25) is 0 Å². The lowest BCUT2D eigenvalue weighted by atomic mass is 10.1. The molecule has 0 aliphatic rings. The highest BCUT2D eigenvalue weighted by Gasteiger charge is 2.25. The van der Waals surface area contributed by atoms with Crippen molar-refractivity contribution in [1.29, 1.82) is 0 Å². The number of hydrogen-bond donors (Lipinski definition) is 1. The summed E-state index contributed by atoms with van der Waals surface area (Å²) in [6, 6.07) is 15.1. The Kier molecular flexibility index (Phi) is 4.87. The number of anilines is 1. The van der Waals surface area contributed by atoms with E-state index in [1.807, 2.05) is 70.2 Å². The van der Waals surface area contributed by atoms with Gasteiger partial charge in [0.15, 0.2) is 0 Å². The van der Waals surface area contributed by atoms with Crippen LogP contribution in [0.4, 0.5) is 5.69 Å². The summed E-state index contributed by atoms with van der Waals surface area (Å²) in [6.45, 7) is 7.80. The van der Waals surface area contributed by atoms with Gasteiger partial charge in [-0.25, -0.2) is 8.42 Å². The third kappa shape index (κ3) is 3.65. The molecule has 0 saturated carbocycles. The number of aryl methyl sites for hydroxylation is 2. The van der Waals surface area contributed by atoms with Crippen molar-refractivity contribution in [1.82, 2.24) is 9.78 Å². The summed E-state index contributed by atoms with van der Waals surface area (Å²) in [4.78, 5) is 0.178.